The van der Waals surface area contributed by atoms with Gasteiger partial charge in [-0.25, -0.2) is 4.98 Å². The van der Waals surface area contributed by atoms with Gasteiger partial charge in [-0.3, -0.25) is 0 Å². The summed E-state index contributed by atoms with van der Waals surface area (Å²) in [5.74, 6) is -1.18. The number of aryl methyl sites for hydroxylation is 1. The molecule has 19 heavy (non-hydrogen) atoms. The minimum Gasteiger partial charge on any atom is -0.396 e. The Morgan fingerprint density at radius 3 is 2.58 bits per heavy atom. The van der Waals surface area contributed by atoms with Gasteiger partial charge in [0.25, 0.3) is 0 Å². The van der Waals surface area contributed by atoms with E-state index in [9.17, 15) is 13.2 Å². The van der Waals surface area contributed by atoms with Crippen molar-refractivity contribution in [3.8, 4) is 0 Å². The molecule has 0 amide bonds. The van der Waals surface area contributed by atoms with E-state index in [0.29, 0.717) is 11.3 Å². The first-order chi connectivity index (χ1) is 8.93. The fourth-order valence-corrected chi connectivity index (χ4v) is 2.14. The Morgan fingerprint density at radius 1 is 1.32 bits per heavy atom. The van der Waals surface area contributed by atoms with Crippen molar-refractivity contribution in [2.75, 3.05) is 6.61 Å². The maximum absolute atomic E-state index is 12.8. The molecule has 6 heteroatoms. The molecule has 0 unspecified atom stereocenters. The van der Waals surface area contributed by atoms with Gasteiger partial charge in [0.05, 0.1) is 17.0 Å². The second-order valence-corrected chi connectivity index (χ2v) is 4.53. The standard InChI is InChI=1S/C13H15F3N2O/c1-18-11-5-3-2-4-10(11)17-12(18)8-9(6-7-19)13(14,15)16/h2-5,9,19H,6-8H2,1H3/t9-/m0/s1. The zero-order chi connectivity index (χ0) is 14.0. The van der Waals surface area contributed by atoms with Crippen LogP contribution in [0, 0.1) is 5.92 Å². The number of hydrogen-bond donors (Lipinski definition) is 1. The largest absolute Gasteiger partial charge is 0.396 e. The molecule has 2 aromatic rings. The summed E-state index contributed by atoms with van der Waals surface area (Å²) in [7, 11) is 1.71. The third kappa shape index (κ3) is 2.89. The summed E-state index contributed by atoms with van der Waals surface area (Å²) in [6.07, 6.45) is -4.83. The predicted octanol–water partition coefficient (Wildman–Crippen LogP) is 2.68. The van der Waals surface area contributed by atoms with Crippen LogP contribution in [-0.4, -0.2) is 27.4 Å². The highest BCUT2D eigenvalue weighted by molar-refractivity contribution is 5.75. The van der Waals surface area contributed by atoms with Gasteiger partial charge in [0.2, 0.25) is 0 Å². The van der Waals surface area contributed by atoms with Crippen molar-refractivity contribution < 1.29 is 18.3 Å². The van der Waals surface area contributed by atoms with Crippen molar-refractivity contribution in [3.05, 3.63) is 30.1 Å². The Kier molecular flexibility index (Phi) is 3.80. The van der Waals surface area contributed by atoms with Crippen LogP contribution in [0.1, 0.15) is 12.2 Å². The highest BCUT2D eigenvalue weighted by atomic mass is 19.4. The number of alkyl halides is 3. The smallest absolute Gasteiger partial charge is 0.392 e. The van der Waals surface area contributed by atoms with Gasteiger partial charge in [-0.05, 0) is 18.6 Å². The van der Waals surface area contributed by atoms with Crippen LogP contribution in [0.5, 0.6) is 0 Å². The lowest BCUT2D eigenvalue weighted by atomic mass is 10.0. The summed E-state index contributed by atoms with van der Waals surface area (Å²) in [5.41, 5.74) is 1.49. The monoisotopic (exact) mass is 272 g/mol. The van der Waals surface area contributed by atoms with Crippen LogP contribution in [0.25, 0.3) is 11.0 Å². The number of fused-ring (bicyclic) bond motifs is 1. The molecule has 3 nitrogen and oxygen atoms in total. The van der Waals surface area contributed by atoms with Gasteiger partial charge in [-0.1, -0.05) is 12.1 Å². The maximum atomic E-state index is 12.8. The first-order valence-corrected chi connectivity index (χ1v) is 6.01. The van der Waals surface area contributed by atoms with Crippen LogP contribution in [0.4, 0.5) is 13.2 Å². The van der Waals surface area contributed by atoms with Gasteiger partial charge in [0.15, 0.2) is 0 Å². The average Bonchev–Trinajstić information content (AvgIpc) is 2.65. The number of para-hydroxylation sites is 2. The molecule has 0 spiro atoms. The Hall–Kier alpha value is -1.56. The number of hydrogen-bond acceptors (Lipinski definition) is 2. The van der Waals surface area contributed by atoms with E-state index in [1.54, 1.807) is 23.7 Å². The Bertz CT molecular complexity index is 563. The lowest BCUT2D eigenvalue weighted by Crippen LogP contribution is -2.27. The molecule has 0 saturated heterocycles. The highest BCUT2D eigenvalue weighted by Gasteiger charge is 2.39. The molecule has 0 saturated carbocycles. The lowest BCUT2D eigenvalue weighted by Gasteiger charge is -2.18. The molecule has 1 atom stereocenters. The summed E-state index contributed by atoms with van der Waals surface area (Å²) in [6, 6.07) is 7.21. The second kappa shape index (κ2) is 5.21. The molecule has 0 aliphatic rings. The Balaban J connectivity index is 2.31. The number of rotatable bonds is 4. The van der Waals surface area contributed by atoms with Crippen LogP contribution in [0.2, 0.25) is 0 Å². The van der Waals surface area contributed by atoms with E-state index in [4.69, 9.17) is 5.11 Å². The molecular formula is C13H15F3N2O. The molecule has 0 bridgehead atoms. The van der Waals surface area contributed by atoms with Gasteiger partial charge < -0.3 is 9.67 Å². The first-order valence-electron chi connectivity index (χ1n) is 6.01. The molecule has 0 aliphatic heterocycles. The van der Waals surface area contributed by atoms with Crippen LogP contribution in [0.3, 0.4) is 0 Å². The Morgan fingerprint density at radius 2 is 2.00 bits per heavy atom. The summed E-state index contributed by atoms with van der Waals surface area (Å²) < 4.78 is 40.2. The van der Waals surface area contributed by atoms with Crippen LogP contribution in [0.15, 0.2) is 24.3 Å². The summed E-state index contributed by atoms with van der Waals surface area (Å²) in [5, 5.41) is 8.76. The van der Waals surface area contributed by atoms with E-state index in [-0.39, 0.29) is 12.8 Å². The summed E-state index contributed by atoms with van der Waals surface area (Å²) in [4.78, 5) is 4.23. The lowest BCUT2D eigenvalue weighted by molar-refractivity contribution is -0.178. The van der Waals surface area contributed by atoms with Gasteiger partial charge in [-0.15, -0.1) is 0 Å². The van der Waals surface area contributed by atoms with Gasteiger partial charge in [0, 0.05) is 20.1 Å². The first kappa shape index (κ1) is 13.9. The molecule has 2 rings (SSSR count). The minimum absolute atomic E-state index is 0.213. The molecule has 104 valence electrons. The van der Waals surface area contributed by atoms with E-state index >= 15 is 0 Å². The Labute approximate surface area is 108 Å². The summed E-state index contributed by atoms with van der Waals surface area (Å²) >= 11 is 0. The van der Waals surface area contributed by atoms with Crippen molar-refractivity contribution in [2.45, 2.75) is 19.0 Å². The topological polar surface area (TPSA) is 38.0 Å². The predicted molar refractivity (Wildman–Crippen MR) is 65.7 cm³/mol. The molecule has 0 aliphatic carbocycles. The van der Waals surface area contributed by atoms with E-state index in [0.717, 1.165) is 5.52 Å². The third-order valence-corrected chi connectivity index (χ3v) is 3.25. The summed E-state index contributed by atoms with van der Waals surface area (Å²) in [6.45, 7) is -0.478. The molecule has 1 aromatic heterocycles. The van der Waals surface area contributed by atoms with E-state index < -0.39 is 18.7 Å². The number of aliphatic hydroxyl groups is 1. The maximum Gasteiger partial charge on any atom is 0.392 e. The van der Waals surface area contributed by atoms with Crippen molar-refractivity contribution in [1.29, 1.82) is 0 Å². The third-order valence-electron chi connectivity index (χ3n) is 3.25. The van der Waals surface area contributed by atoms with E-state index in [1.165, 1.54) is 0 Å². The van der Waals surface area contributed by atoms with Crippen LogP contribution >= 0.6 is 0 Å². The van der Waals surface area contributed by atoms with Crippen molar-refractivity contribution >= 4 is 11.0 Å². The molecule has 0 fully saturated rings. The van der Waals surface area contributed by atoms with Crippen molar-refractivity contribution in [1.82, 2.24) is 9.55 Å². The average molecular weight is 272 g/mol. The fourth-order valence-electron chi connectivity index (χ4n) is 2.14. The van der Waals surface area contributed by atoms with Crippen LogP contribution in [-0.2, 0) is 13.5 Å². The number of imidazole rings is 1. The van der Waals surface area contributed by atoms with Crippen LogP contribution < -0.4 is 0 Å². The molecule has 0 radical (unpaired) electrons. The molecule has 1 heterocycles. The number of aliphatic hydroxyl groups excluding tert-OH is 1. The zero-order valence-electron chi connectivity index (χ0n) is 10.5. The van der Waals surface area contributed by atoms with Gasteiger partial charge >= 0.3 is 6.18 Å². The van der Waals surface area contributed by atoms with Gasteiger partial charge in [0.1, 0.15) is 5.82 Å². The van der Waals surface area contributed by atoms with Crippen molar-refractivity contribution in [2.24, 2.45) is 13.0 Å². The van der Waals surface area contributed by atoms with Gasteiger partial charge in [-0.2, -0.15) is 13.2 Å². The molecule has 1 N–H and O–H groups in total. The SMILES string of the molecule is Cn1c(C[C@H](CCO)C(F)(F)F)nc2ccccc21. The minimum atomic E-state index is -4.32. The number of benzene rings is 1. The highest BCUT2D eigenvalue weighted by Crippen LogP contribution is 2.31. The molecular weight excluding hydrogens is 257 g/mol. The zero-order valence-corrected chi connectivity index (χ0v) is 10.5. The molecule has 1 aromatic carbocycles. The number of halogens is 3. The second-order valence-electron chi connectivity index (χ2n) is 4.53. The van der Waals surface area contributed by atoms with E-state index in [1.807, 2.05) is 12.1 Å². The quantitative estimate of drug-likeness (QED) is 0.929. The number of nitrogens with zero attached hydrogens (tertiary/aromatic N) is 2. The fraction of sp³-hybridized carbons (Fsp3) is 0.462. The number of aromatic nitrogens is 2. The van der Waals surface area contributed by atoms with Crippen molar-refractivity contribution in [3.63, 3.8) is 0 Å². The van der Waals surface area contributed by atoms with E-state index in [2.05, 4.69) is 4.98 Å². The normalized spacial score (nSPS) is 13.9.